The molecule has 0 aromatic heterocycles. The lowest BCUT2D eigenvalue weighted by atomic mass is 9.59. The smallest absolute Gasteiger partial charge is 0.238 e. The second-order valence-electron chi connectivity index (χ2n) is 10.8. The van der Waals surface area contributed by atoms with Crippen molar-refractivity contribution in [1.82, 2.24) is 10.2 Å². The summed E-state index contributed by atoms with van der Waals surface area (Å²) in [6.07, 6.45) is 2.18. The number of amides is 2. The number of hydrogen-bond donors (Lipinski definition) is 3. The molecule has 202 valence electrons. The van der Waals surface area contributed by atoms with Gasteiger partial charge < -0.3 is 20.9 Å². The van der Waals surface area contributed by atoms with E-state index in [0.29, 0.717) is 21.8 Å². The average molecular weight is 628 g/mol. The molecule has 0 unspecified atom stereocenters. The highest BCUT2D eigenvalue weighted by Crippen LogP contribution is 2.58. The third-order valence-electron chi connectivity index (χ3n) is 8.40. The van der Waals surface area contributed by atoms with E-state index in [0.717, 1.165) is 52.8 Å². The first kappa shape index (κ1) is 26.6. The third-order valence-corrected chi connectivity index (χ3v) is 9.37. The van der Waals surface area contributed by atoms with E-state index in [1.54, 1.807) is 12.1 Å². The van der Waals surface area contributed by atoms with E-state index in [9.17, 15) is 9.59 Å². The number of carbonyl (C=O) groups is 2. The number of nitrogens with zero attached hydrogens (tertiary/aromatic N) is 1. The molecule has 3 atom stereocenters. The van der Waals surface area contributed by atoms with Gasteiger partial charge in [0.25, 0.3) is 0 Å². The SMILES string of the molecule is CN1CCC(Nc2ccc(Br)cc2[C@H]2NC(=O)C[C@@H](c3cccc(Cl)c3)[C@]23C(=O)Nc2cc(Cl)ccc23)CC1. The van der Waals surface area contributed by atoms with E-state index in [2.05, 4.69) is 43.8 Å². The lowest BCUT2D eigenvalue weighted by Gasteiger charge is -2.47. The van der Waals surface area contributed by atoms with Crippen LogP contribution in [-0.2, 0) is 15.0 Å². The molecule has 2 fully saturated rings. The van der Waals surface area contributed by atoms with Crippen molar-refractivity contribution in [2.24, 2.45) is 0 Å². The zero-order valence-corrected chi connectivity index (χ0v) is 24.5. The van der Waals surface area contributed by atoms with Crippen LogP contribution in [0.3, 0.4) is 0 Å². The van der Waals surface area contributed by atoms with E-state index in [1.165, 1.54) is 0 Å². The normalized spacial score (nSPS) is 25.3. The van der Waals surface area contributed by atoms with Gasteiger partial charge in [-0.2, -0.15) is 0 Å². The average Bonchev–Trinajstić information content (AvgIpc) is 3.18. The third kappa shape index (κ3) is 4.73. The first-order valence-corrected chi connectivity index (χ1v) is 14.7. The van der Waals surface area contributed by atoms with Gasteiger partial charge in [0.2, 0.25) is 11.8 Å². The van der Waals surface area contributed by atoms with E-state index in [-0.39, 0.29) is 18.2 Å². The summed E-state index contributed by atoms with van der Waals surface area (Å²) in [5.41, 5.74) is 2.99. The number of piperidine rings is 2. The summed E-state index contributed by atoms with van der Waals surface area (Å²) in [6, 6.07) is 18.7. The van der Waals surface area contributed by atoms with Gasteiger partial charge in [0.15, 0.2) is 0 Å². The molecule has 1 spiro atoms. The quantitative estimate of drug-likeness (QED) is 0.309. The van der Waals surface area contributed by atoms with Crippen molar-refractivity contribution in [3.05, 3.63) is 91.9 Å². The lowest BCUT2D eigenvalue weighted by molar-refractivity contribution is -0.131. The molecular formula is C30H29BrCl2N4O2. The monoisotopic (exact) mass is 626 g/mol. The Morgan fingerprint density at radius 3 is 2.54 bits per heavy atom. The molecule has 3 N–H and O–H groups in total. The van der Waals surface area contributed by atoms with Gasteiger partial charge in [-0.15, -0.1) is 0 Å². The van der Waals surface area contributed by atoms with Crippen molar-refractivity contribution >= 4 is 62.3 Å². The number of hydrogen-bond acceptors (Lipinski definition) is 4. The molecule has 3 heterocycles. The molecule has 2 amide bonds. The van der Waals surface area contributed by atoms with E-state index >= 15 is 0 Å². The topological polar surface area (TPSA) is 73.5 Å². The number of benzene rings is 3. The summed E-state index contributed by atoms with van der Waals surface area (Å²) in [7, 11) is 2.14. The predicted octanol–water partition coefficient (Wildman–Crippen LogP) is 6.50. The minimum Gasteiger partial charge on any atom is -0.382 e. The maximum absolute atomic E-state index is 14.3. The zero-order chi connectivity index (χ0) is 27.3. The lowest BCUT2D eigenvalue weighted by Crippen LogP contribution is -2.57. The standard InChI is InChI=1S/C30H29BrCl2N4O2/c1-37-11-9-21(10-12-37)34-25-8-5-18(31)14-22(25)28-30(23-7-6-20(33)15-26(23)35-29(30)39)24(16-27(38)36-28)17-3-2-4-19(32)13-17/h2-8,13-15,21,24,28,34H,9-12,16H2,1H3,(H,35,39)(H,36,38)/t24-,28+,30-/m0/s1. The van der Waals surface area contributed by atoms with E-state index in [1.807, 2.05) is 48.5 Å². The number of rotatable bonds is 4. The van der Waals surface area contributed by atoms with Crippen LogP contribution < -0.4 is 16.0 Å². The zero-order valence-electron chi connectivity index (χ0n) is 21.4. The Hall–Kier alpha value is -2.58. The van der Waals surface area contributed by atoms with Crippen LogP contribution in [0, 0.1) is 0 Å². The Kier molecular flexibility index (Phi) is 7.12. The molecule has 3 aliphatic heterocycles. The minimum absolute atomic E-state index is 0.115. The molecule has 3 aromatic carbocycles. The highest BCUT2D eigenvalue weighted by atomic mass is 79.9. The van der Waals surface area contributed by atoms with Crippen molar-refractivity contribution < 1.29 is 9.59 Å². The number of carbonyl (C=O) groups excluding carboxylic acids is 2. The van der Waals surface area contributed by atoms with Gasteiger partial charge >= 0.3 is 0 Å². The van der Waals surface area contributed by atoms with Crippen LogP contribution in [0.25, 0.3) is 0 Å². The molecule has 0 saturated carbocycles. The van der Waals surface area contributed by atoms with Crippen LogP contribution in [0.4, 0.5) is 11.4 Å². The fraction of sp³-hybridized carbons (Fsp3) is 0.333. The molecule has 3 aliphatic rings. The molecule has 0 bridgehead atoms. The summed E-state index contributed by atoms with van der Waals surface area (Å²) in [5, 5.41) is 11.2. The number of fused-ring (bicyclic) bond motifs is 2. The van der Waals surface area contributed by atoms with Crippen molar-refractivity contribution in [1.29, 1.82) is 0 Å². The molecule has 0 aliphatic carbocycles. The van der Waals surface area contributed by atoms with Crippen molar-refractivity contribution in [3.63, 3.8) is 0 Å². The Balaban J connectivity index is 1.55. The second kappa shape index (κ2) is 10.4. The maximum atomic E-state index is 14.3. The summed E-state index contributed by atoms with van der Waals surface area (Å²) in [4.78, 5) is 30.1. The first-order chi connectivity index (χ1) is 18.8. The predicted molar refractivity (Wildman–Crippen MR) is 160 cm³/mol. The number of anilines is 2. The Bertz CT molecular complexity index is 1460. The fourth-order valence-electron chi connectivity index (χ4n) is 6.55. The molecular weight excluding hydrogens is 599 g/mol. The van der Waals surface area contributed by atoms with Gasteiger partial charge in [-0.05, 0) is 86.6 Å². The Labute approximate surface area is 246 Å². The summed E-state index contributed by atoms with van der Waals surface area (Å²) < 4.78 is 0.871. The number of halogens is 3. The first-order valence-electron chi connectivity index (χ1n) is 13.2. The van der Waals surface area contributed by atoms with Crippen LogP contribution in [0.1, 0.15) is 47.9 Å². The highest BCUT2D eigenvalue weighted by molar-refractivity contribution is 9.10. The number of nitrogens with one attached hydrogen (secondary N) is 3. The van der Waals surface area contributed by atoms with Crippen molar-refractivity contribution in [2.75, 3.05) is 30.8 Å². The van der Waals surface area contributed by atoms with Crippen LogP contribution >= 0.6 is 39.1 Å². The van der Waals surface area contributed by atoms with Gasteiger partial charge in [-0.3, -0.25) is 9.59 Å². The van der Waals surface area contributed by atoms with Crippen LogP contribution in [0.5, 0.6) is 0 Å². The van der Waals surface area contributed by atoms with Gasteiger partial charge in [0.05, 0.1) is 6.04 Å². The Morgan fingerprint density at radius 2 is 1.77 bits per heavy atom. The van der Waals surface area contributed by atoms with E-state index in [4.69, 9.17) is 23.2 Å². The van der Waals surface area contributed by atoms with Gasteiger partial charge in [-0.25, -0.2) is 0 Å². The van der Waals surface area contributed by atoms with Gasteiger partial charge in [0.1, 0.15) is 5.41 Å². The molecule has 3 aromatic rings. The molecule has 2 saturated heterocycles. The molecule has 6 nitrogen and oxygen atoms in total. The van der Waals surface area contributed by atoms with Gasteiger partial charge in [-0.1, -0.05) is 57.3 Å². The van der Waals surface area contributed by atoms with Crippen molar-refractivity contribution in [3.8, 4) is 0 Å². The number of likely N-dealkylation sites (tertiary alicyclic amines) is 1. The van der Waals surface area contributed by atoms with Crippen LogP contribution in [0.15, 0.2) is 65.1 Å². The fourth-order valence-corrected chi connectivity index (χ4v) is 7.30. The molecule has 0 radical (unpaired) electrons. The molecule has 6 rings (SSSR count). The van der Waals surface area contributed by atoms with Crippen molar-refractivity contribution in [2.45, 2.75) is 42.7 Å². The maximum Gasteiger partial charge on any atom is 0.238 e. The largest absolute Gasteiger partial charge is 0.382 e. The highest BCUT2D eigenvalue weighted by Gasteiger charge is 2.61. The summed E-state index contributed by atoms with van der Waals surface area (Å²) in [6.45, 7) is 2.03. The Morgan fingerprint density at radius 1 is 1.00 bits per heavy atom. The van der Waals surface area contributed by atoms with Crippen LogP contribution in [-0.4, -0.2) is 42.9 Å². The van der Waals surface area contributed by atoms with E-state index < -0.39 is 17.4 Å². The molecule has 9 heteroatoms. The summed E-state index contributed by atoms with van der Waals surface area (Å²) >= 11 is 16.4. The second-order valence-corrected chi connectivity index (χ2v) is 12.6. The van der Waals surface area contributed by atoms with Gasteiger partial charge in [0, 0.05) is 49.8 Å². The van der Waals surface area contributed by atoms with Crippen LogP contribution in [0.2, 0.25) is 10.0 Å². The minimum atomic E-state index is -1.12. The molecule has 39 heavy (non-hydrogen) atoms. The summed E-state index contributed by atoms with van der Waals surface area (Å²) in [5.74, 6) is -0.733.